The number of carbonyl (C=O) groups is 1. The zero-order valence-corrected chi connectivity index (χ0v) is 15.8. The van der Waals surface area contributed by atoms with Crippen LogP contribution in [0.3, 0.4) is 0 Å². The lowest BCUT2D eigenvalue weighted by molar-refractivity contribution is -0.300. The number of aryl methyl sites for hydroxylation is 1. The van der Waals surface area contributed by atoms with Crippen LogP contribution < -0.4 is 10.1 Å². The van der Waals surface area contributed by atoms with Crippen LogP contribution in [0.15, 0.2) is 24.3 Å². The van der Waals surface area contributed by atoms with Crippen molar-refractivity contribution in [3.05, 3.63) is 29.8 Å². The van der Waals surface area contributed by atoms with Crippen LogP contribution in [-0.2, 0) is 20.7 Å². The summed E-state index contributed by atoms with van der Waals surface area (Å²) in [4.78, 5) is 11.9. The van der Waals surface area contributed by atoms with E-state index >= 15 is 0 Å². The number of alkyl halides is 3. The molecular weight excluding hydrogens is 415 g/mol. The van der Waals surface area contributed by atoms with Crippen LogP contribution in [0.4, 0.5) is 13.2 Å². The summed E-state index contributed by atoms with van der Waals surface area (Å²) >= 11 is 0. The molecule has 1 aliphatic rings. The SMILES string of the molecule is O=C(CCc1ccc(OC(F)(F)F)cc1)NCCO[C@@H]1O[C@H](CO)[C@H](O)[C@H](O)[C@H]1O. The van der Waals surface area contributed by atoms with E-state index in [4.69, 9.17) is 14.6 Å². The Labute approximate surface area is 170 Å². The second-order valence-corrected chi connectivity index (χ2v) is 6.61. The first kappa shape index (κ1) is 24.3. The van der Waals surface area contributed by atoms with Crippen molar-refractivity contribution in [2.24, 2.45) is 0 Å². The molecule has 170 valence electrons. The van der Waals surface area contributed by atoms with Gasteiger partial charge in [0.1, 0.15) is 30.2 Å². The number of aliphatic hydroxyl groups excluding tert-OH is 4. The van der Waals surface area contributed by atoms with E-state index in [-0.39, 0.29) is 31.2 Å². The molecule has 1 aromatic rings. The summed E-state index contributed by atoms with van der Waals surface area (Å²) in [6.45, 7) is -0.588. The number of ether oxygens (including phenoxy) is 3. The Balaban J connectivity index is 1.66. The van der Waals surface area contributed by atoms with Crippen LogP contribution in [0.1, 0.15) is 12.0 Å². The number of benzene rings is 1. The van der Waals surface area contributed by atoms with Gasteiger partial charge in [-0.1, -0.05) is 12.1 Å². The van der Waals surface area contributed by atoms with E-state index in [1.807, 2.05) is 0 Å². The highest BCUT2D eigenvalue weighted by atomic mass is 19.4. The molecule has 12 heteroatoms. The summed E-state index contributed by atoms with van der Waals surface area (Å²) in [5.74, 6) is -0.677. The number of amides is 1. The highest BCUT2D eigenvalue weighted by molar-refractivity contribution is 5.76. The topological polar surface area (TPSA) is 138 Å². The van der Waals surface area contributed by atoms with Gasteiger partial charge in [0, 0.05) is 13.0 Å². The molecule has 2 rings (SSSR count). The van der Waals surface area contributed by atoms with Crippen molar-refractivity contribution in [3.63, 3.8) is 0 Å². The number of hydrogen-bond donors (Lipinski definition) is 5. The third kappa shape index (κ3) is 7.38. The maximum absolute atomic E-state index is 12.1. The smallest absolute Gasteiger partial charge is 0.406 e. The molecule has 1 amide bonds. The van der Waals surface area contributed by atoms with E-state index in [1.165, 1.54) is 12.1 Å². The van der Waals surface area contributed by atoms with Gasteiger partial charge in [0.2, 0.25) is 5.91 Å². The molecule has 1 aliphatic heterocycles. The molecule has 0 saturated carbocycles. The van der Waals surface area contributed by atoms with Gasteiger partial charge < -0.3 is 40.0 Å². The van der Waals surface area contributed by atoms with Crippen LogP contribution in [0, 0.1) is 0 Å². The molecule has 5 atom stereocenters. The molecule has 0 aliphatic carbocycles. The average molecular weight is 439 g/mol. The summed E-state index contributed by atoms with van der Waals surface area (Å²) in [5, 5.41) is 40.8. The van der Waals surface area contributed by atoms with Crippen molar-refractivity contribution in [3.8, 4) is 5.75 Å². The number of carbonyl (C=O) groups excluding carboxylic acids is 1. The van der Waals surface area contributed by atoms with Crippen LogP contribution >= 0.6 is 0 Å². The molecular formula is C18H24F3NO8. The van der Waals surface area contributed by atoms with E-state index in [0.717, 1.165) is 12.1 Å². The van der Waals surface area contributed by atoms with Gasteiger partial charge in [-0.2, -0.15) is 0 Å². The predicted molar refractivity (Wildman–Crippen MR) is 94.2 cm³/mol. The first-order valence-electron chi connectivity index (χ1n) is 9.14. The molecule has 0 spiro atoms. The van der Waals surface area contributed by atoms with Crippen molar-refractivity contribution < 1.29 is 52.6 Å². The minimum absolute atomic E-state index is 0.0617. The molecule has 0 bridgehead atoms. The normalized spacial score (nSPS) is 27.0. The van der Waals surface area contributed by atoms with E-state index < -0.39 is 43.7 Å². The lowest BCUT2D eigenvalue weighted by Gasteiger charge is -2.39. The fraction of sp³-hybridized carbons (Fsp3) is 0.611. The fourth-order valence-electron chi connectivity index (χ4n) is 2.77. The summed E-state index contributed by atoms with van der Waals surface area (Å²) in [5.41, 5.74) is 0.650. The van der Waals surface area contributed by atoms with Crippen LogP contribution in [-0.4, -0.2) is 83.2 Å². The van der Waals surface area contributed by atoms with Crippen LogP contribution in [0.2, 0.25) is 0 Å². The van der Waals surface area contributed by atoms with Crippen molar-refractivity contribution in [2.75, 3.05) is 19.8 Å². The van der Waals surface area contributed by atoms with Gasteiger partial charge in [-0.25, -0.2) is 0 Å². The summed E-state index contributed by atoms with van der Waals surface area (Å²) in [7, 11) is 0. The van der Waals surface area contributed by atoms with Gasteiger partial charge in [-0.3, -0.25) is 4.79 Å². The second-order valence-electron chi connectivity index (χ2n) is 6.61. The monoisotopic (exact) mass is 439 g/mol. The van der Waals surface area contributed by atoms with E-state index in [0.29, 0.717) is 12.0 Å². The molecule has 30 heavy (non-hydrogen) atoms. The van der Waals surface area contributed by atoms with Gasteiger partial charge in [-0.15, -0.1) is 13.2 Å². The predicted octanol–water partition coefficient (Wildman–Crippen LogP) is -0.550. The molecule has 5 N–H and O–H groups in total. The highest BCUT2D eigenvalue weighted by Crippen LogP contribution is 2.23. The zero-order valence-electron chi connectivity index (χ0n) is 15.8. The summed E-state index contributed by atoms with van der Waals surface area (Å²) in [6.07, 6.45) is -11.3. The van der Waals surface area contributed by atoms with Gasteiger partial charge in [0.15, 0.2) is 6.29 Å². The minimum Gasteiger partial charge on any atom is -0.406 e. The standard InChI is InChI=1S/C18H24F3NO8/c19-18(20,21)30-11-4-1-10(2-5-11)3-6-13(24)22-7-8-28-17-16(27)15(26)14(25)12(9-23)29-17/h1-2,4-5,12,14-17,23,25-27H,3,6-9H2,(H,22,24)/t12-,14+,15+,16-,17-/m1/s1. The van der Waals surface area contributed by atoms with E-state index in [9.17, 15) is 33.3 Å². The van der Waals surface area contributed by atoms with Crippen molar-refractivity contribution in [1.29, 1.82) is 0 Å². The maximum atomic E-state index is 12.1. The number of aliphatic hydroxyl groups is 4. The van der Waals surface area contributed by atoms with Crippen molar-refractivity contribution in [2.45, 2.75) is 49.9 Å². The molecule has 1 heterocycles. The van der Waals surface area contributed by atoms with Crippen LogP contribution in [0.25, 0.3) is 0 Å². The third-order valence-electron chi connectivity index (χ3n) is 4.35. The Morgan fingerprint density at radius 3 is 2.37 bits per heavy atom. The molecule has 1 aromatic carbocycles. The van der Waals surface area contributed by atoms with Gasteiger partial charge in [-0.05, 0) is 24.1 Å². The molecule has 9 nitrogen and oxygen atoms in total. The van der Waals surface area contributed by atoms with Gasteiger partial charge >= 0.3 is 6.36 Å². The number of rotatable bonds is 9. The Morgan fingerprint density at radius 2 is 1.77 bits per heavy atom. The first-order valence-corrected chi connectivity index (χ1v) is 9.14. The number of hydrogen-bond acceptors (Lipinski definition) is 8. The molecule has 1 saturated heterocycles. The minimum atomic E-state index is -4.76. The van der Waals surface area contributed by atoms with E-state index in [2.05, 4.69) is 10.1 Å². The lowest BCUT2D eigenvalue weighted by atomic mass is 9.99. The summed E-state index contributed by atoms with van der Waals surface area (Å²) in [6, 6.07) is 5.18. The molecule has 0 unspecified atom stereocenters. The Hall–Kier alpha value is -1.96. The first-order chi connectivity index (χ1) is 14.1. The molecule has 1 fully saturated rings. The second kappa shape index (κ2) is 10.9. The fourth-order valence-corrected chi connectivity index (χ4v) is 2.77. The lowest BCUT2D eigenvalue weighted by Crippen LogP contribution is -2.59. The van der Waals surface area contributed by atoms with E-state index in [1.54, 1.807) is 0 Å². The summed E-state index contributed by atoms with van der Waals surface area (Å²) < 4.78 is 50.5. The quantitative estimate of drug-likeness (QED) is 0.323. The van der Waals surface area contributed by atoms with Crippen molar-refractivity contribution in [1.82, 2.24) is 5.32 Å². The van der Waals surface area contributed by atoms with Crippen molar-refractivity contribution >= 4 is 5.91 Å². The Bertz CT molecular complexity index is 670. The Morgan fingerprint density at radius 1 is 1.10 bits per heavy atom. The average Bonchev–Trinajstić information content (AvgIpc) is 2.69. The third-order valence-corrected chi connectivity index (χ3v) is 4.35. The molecule has 0 aromatic heterocycles. The largest absolute Gasteiger partial charge is 0.573 e. The van der Waals surface area contributed by atoms with Gasteiger partial charge in [0.25, 0.3) is 0 Å². The number of halogens is 3. The van der Waals surface area contributed by atoms with Gasteiger partial charge in [0.05, 0.1) is 13.2 Å². The maximum Gasteiger partial charge on any atom is 0.573 e. The number of nitrogens with one attached hydrogen (secondary N) is 1. The Kier molecular flexibility index (Phi) is 8.82. The van der Waals surface area contributed by atoms with Crippen LogP contribution in [0.5, 0.6) is 5.75 Å². The zero-order chi connectivity index (χ0) is 22.3. The molecule has 0 radical (unpaired) electrons. The highest BCUT2D eigenvalue weighted by Gasteiger charge is 2.43.